The molecule has 1 amide bonds. The quantitative estimate of drug-likeness (QED) is 0.772. The maximum Gasteiger partial charge on any atom is 0.267 e. The molecular formula is C18H24N2O3. The maximum atomic E-state index is 12.4. The fourth-order valence-corrected chi connectivity index (χ4v) is 2.70. The molecule has 23 heavy (non-hydrogen) atoms. The van der Waals surface area contributed by atoms with Crippen LogP contribution >= 0.6 is 0 Å². The number of nitrogens with zero attached hydrogens (tertiary/aromatic N) is 1. The SMILES string of the molecule is CCCCCCCNC(=O)c1c(O)c2ccccc2n(C)c1=O. The van der Waals surface area contributed by atoms with Gasteiger partial charge in [0.1, 0.15) is 11.3 Å². The van der Waals surface area contributed by atoms with E-state index in [1.54, 1.807) is 31.3 Å². The molecule has 1 aromatic carbocycles. The summed E-state index contributed by atoms with van der Waals surface area (Å²) in [7, 11) is 1.60. The zero-order valence-electron chi connectivity index (χ0n) is 13.8. The van der Waals surface area contributed by atoms with Gasteiger partial charge in [-0.25, -0.2) is 0 Å². The van der Waals surface area contributed by atoms with Gasteiger partial charge in [0.05, 0.1) is 5.52 Å². The fraction of sp³-hybridized carbons (Fsp3) is 0.444. The van der Waals surface area contributed by atoms with Crippen molar-refractivity contribution < 1.29 is 9.90 Å². The van der Waals surface area contributed by atoms with E-state index >= 15 is 0 Å². The number of pyridine rings is 1. The normalized spacial score (nSPS) is 10.9. The molecule has 124 valence electrons. The van der Waals surface area contributed by atoms with Crippen LogP contribution in [0.3, 0.4) is 0 Å². The minimum Gasteiger partial charge on any atom is -0.506 e. The molecule has 0 aliphatic heterocycles. The topological polar surface area (TPSA) is 71.3 Å². The number of aromatic nitrogens is 1. The number of carbonyl (C=O) groups excluding carboxylic acids is 1. The molecule has 0 fully saturated rings. The summed E-state index contributed by atoms with van der Waals surface area (Å²) in [5, 5.41) is 13.6. The molecule has 0 saturated carbocycles. The van der Waals surface area contributed by atoms with Crippen LogP contribution in [-0.2, 0) is 7.05 Å². The summed E-state index contributed by atoms with van der Waals surface area (Å²) in [5.74, 6) is -0.753. The van der Waals surface area contributed by atoms with Gasteiger partial charge in [-0.3, -0.25) is 9.59 Å². The number of fused-ring (bicyclic) bond motifs is 1. The van der Waals surface area contributed by atoms with Crippen molar-refractivity contribution >= 4 is 16.8 Å². The molecule has 0 aliphatic carbocycles. The third-order valence-electron chi connectivity index (χ3n) is 4.07. The number of carbonyl (C=O) groups is 1. The lowest BCUT2D eigenvalue weighted by Gasteiger charge is -2.11. The number of para-hydroxylation sites is 1. The molecule has 0 unspecified atom stereocenters. The molecule has 2 aromatic rings. The number of unbranched alkanes of at least 4 members (excludes halogenated alkanes) is 4. The summed E-state index contributed by atoms with van der Waals surface area (Å²) >= 11 is 0. The second-order valence-corrected chi connectivity index (χ2v) is 5.78. The number of hydrogen-bond acceptors (Lipinski definition) is 3. The Hall–Kier alpha value is -2.30. The second kappa shape index (κ2) is 7.81. The van der Waals surface area contributed by atoms with Crippen molar-refractivity contribution in [2.45, 2.75) is 39.0 Å². The Morgan fingerprint density at radius 1 is 1.17 bits per heavy atom. The van der Waals surface area contributed by atoms with E-state index in [1.165, 1.54) is 17.4 Å². The predicted octanol–water partition coefficient (Wildman–Crippen LogP) is 2.94. The first kappa shape index (κ1) is 17.1. The molecule has 1 aromatic heterocycles. The van der Waals surface area contributed by atoms with Crippen molar-refractivity contribution in [2.75, 3.05) is 6.54 Å². The van der Waals surface area contributed by atoms with Crippen molar-refractivity contribution in [2.24, 2.45) is 7.05 Å². The van der Waals surface area contributed by atoms with Gasteiger partial charge in [0.15, 0.2) is 0 Å². The number of rotatable bonds is 7. The van der Waals surface area contributed by atoms with Crippen LogP contribution in [-0.4, -0.2) is 22.1 Å². The van der Waals surface area contributed by atoms with Crippen molar-refractivity contribution in [1.29, 1.82) is 0 Å². The Labute approximate surface area is 135 Å². The molecule has 5 heteroatoms. The van der Waals surface area contributed by atoms with Crippen LogP contribution in [0.4, 0.5) is 0 Å². The van der Waals surface area contributed by atoms with Gasteiger partial charge in [0, 0.05) is 19.0 Å². The zero-order valence-corrected chi connectivity index (χ0v) is 13.8. The van der Waals surface area contributed by atoms with E-state index in [2.05, 4.69) is 12.2 Å². The molecule has 0 spiro atoms. The summed E-state index contributed by atoms with van der Waals surface area (Å²) in [4.78, 5) is 24.6. The highest BCUT2D eigenvalue weighted by Gasteiger charge is 2.20. The van der Waals surface area contributed by atoms with Crippen LogP contribution in [0.15, 0.2) is 29.1 Å². The summed E-state index contributed by atoms with van der Waals surface area (Å²) in [5.41, 5.74) is -0.0597. The highest BCUT2D eigenvalue weighted by molar-refractivity contribution is 6.02. The summed E-state index contributed by atoms with van der Waals surface area (Å²) in [6, 6.07) is 7.00. The Balaban J connectivity index is 2.16. The average Bonchev–Trinajstić information content (AvgIpc) is 2.56. The van der Waals surface area contributed by atoms with E-state index in [1.807, 2.05) is 0 Å². The van der Waals surface area contributed by atoms with Crippen molar-refractivity contribution in [3.05, 3.63) is 40.2 Å². The van der Waals surface area contributed by atoms with Crippen LogP contribution in [0.1, 0.15) is 49.4 Å². The zero-order chi connectivity index (χ0) is 16.8. The molecule has 2 rings (SSSR count). The van der Waals surface area contributed by atoms with E-state index in [4.69, 9.17) is 0 Å². The van der Waals surface area contributed by atoms with Crippen LogP contribution < -0.4 is 10.9 Å². The molecule has 0 bridgehead atoms. The Bertz CT molecular complexity index is 750. The standard InChI is InChI=1S/C18H24N2O3/c1-3-4-5-6-9-12-19-17(22)15-16(21)13-10-7-8-11-14(13)20(2)18(15)23/h7-8,10-11,21H,3-6,9,12H2,1-2H3,(H,19,22). The van der Waals surface area contributed by atoms with E-state index in [0.29, 0.717) is 17.4 Å². The van der Waals surface area contributed by atoms with Crippen LogP contribution in [0.5, 0.6) is 5.75 Å². The van der Waals surface area contributed by atoms with E-state index in [-0.39, 0.29) is 11.3 Å². The summed E-state index contributed by atoms with van der Waals surface area (Å²) in [6.45, 7) is 2.66. The van der Waals surface area contributed by atoms with Crippen LogP contribution in [0.25, 0.3) is 10.9 Å². The molecule has 2 N–H and O–H groups in total. The Morgan fingerprint density at radius 2 is 1.87 bits per heavy atom. The lowest BCUT2D eigenvalue weighted by atomic mass is 10.1. The van der Waals surface area contributed by atoms with Gasteiger partial charge in [-0.05, 0) is 18.6 Å². The molecule has 1 heterocycles. The first-order chi connectivity index (χ1) is 11.1. The summed E-state index contributed by atoms with van der Waals surface area (Å²) in [6.07, 6.45) is 5.44. The average molecular weight is 316 g/mol. The number of amides is 1. The van der Waals surface area contributed by atoms with Crippen molar-refractivity contribution in [3.63, 3.8) is 0 Å². The number of aromatic hydroxyl groups is 1. The third kappa shape index (κ3) is 3.73. The molecular weight excluding hydrogens is 292 g/mol. The van der Waals surface area contributed by atoms with Crippen molar-refractivity contribution in [3.8, 4) is 5.75 Å². The molecule has 0 radical (unpaired) electrons. The lowest BCUT2D eigenvalue weighted by molar-refractivity contribution is 0.0948. The minimum atomic E-state index is -0.510. The second-order valence-electron chi connectivity index (χ2n) is 5.78. The molecule has 0 aliphatic rings. The summed E-state index contributed by atoms with van der Waals surface area (Å²) < 4.78 is 1.39. The first-order valence-electron chi connectivity index (χ1n) is 8.16. The van der Waals surface area contributed by atoms with Crippen molar-refractivity contribution in [1.82, 2.24) is 9.88 Å². The first-order valence-corrected chi connectivity index (χ1v) is 8.16. The van der Waals surface area contributed by atoms with Gasteiger partial charge in [-0.2, -0.15) is 0 Å². The van der Waals surface area contributed by atoms with E-state index in [0.717, 1.165) is 19.3 Å². The molecule has 0 saturated heterocycles. The molecule has 5 nitrogen and oxygen atoms in total. The predicted molar refractivity (Wildman–Crippen MR) is 91.9 cm³/mol. The van der Waals surface area contributed by atoms with Gasteiger partial charge in [0.25, 0.3) is 11.5 Å². The van der Waals surface area contributed by atoms with E-state index in [9.17, 15) is 14.7 Å². The largest absolute Gasteiger partial charge is 0.506 e. The fourth-order valence-electron chi connectivity index (χ4n) is 2.70. The maximum absolute atomic E-state index is 12.4. The van der Waals surface area contributed by atoms with E-state index < -0.39 is 11.5 Å². The van der Waals surface area contributed by atoms with Gasteiger partial charge in [-0.15, -0.1) is 0 Å². The van der Waals surface area contributed by atoms with Crippen LogP contribution in [0, 0.1) is 0 Å². The number of nitrogens with one attached hydrogen (secondary N) is 1. The Kier molecular flexibility index (Phi) is 5.79. The molecule has 0 atom stereocenters. The van der Waals surface area contributed by atoms with Gasteiger partial charge >= 0.3 is 0 Å². The Morgan fingerprint density at radius 3 is 2.61 bits per heavy atom. The van der Waals surface area contributed by atoms with Gasteiger partial charge < -0.3 is 15.0 Å². The van der Waals surface area contributed by atoms with Gasteiger partial charge in [-0.1, -0.05) is 44.7 Å². The smallest absolute Gasteiger partial charge is 0.267 e. The number of hydrogen-bond donors (Lipinski definition) is 2. The monoisotopic (exact) mass is 316 g/mol. The van der Waals surface area contributed by atoms with Gasteiger partial charge in [0.2, 0.25) is 0 Å². The van der Waals surface area contributed by atoms with Crippen LogP contribution in [0.2, 0.25) is 0 Å². The highest BCUT2D eigenvalue weighted by atomic mass is 16.3. The third-order valence-corrected chi connectivity index (χ3v) is 4.07. The highest BCUT2D eigenvalue weighted by Crippen LogP contribution is 2.25. The minimum absolute atomic E-state index is 0.181. The number of aryl methyl sites for hydroxylation is 1. The number of benzene rings is 1. The lowest BCUT2D eigenvalue weighted by Crippen LogP contribution is -2.33.